The molecule has 0 radical (unpaired) electrons. The fraction of sp³-hybridized carbons (Fsp3) is 0.250. The lowest BCUT2D eigenvalue weighted by molar-refractivity contribution is 0.0601. The third kappa shape index (κ3) is 3.94. The number of fused-ring (bicyclic) bond motifs is 1. The van der Waals surface area contributed by atoms with Gasteiger partial charge in [0.25, 0.3) is 0 Å². The molecule has 30 heavy (non-hydrogen) atoms. The molecule has 154 valence electrons. The van der Waals surface area contributed by atoms with E-state index < -0.39 is 0 Å². The number of carbonyl (C=O) groups is 1. The highest BCUT2D eigenvalue weighted by molar-refractivity contribution is 5.95. The summed E-state index contributed by atoms with van der Waals surface area (Å²) in [6, 6.07) is 15.9. The minimum absolute atomic E-state index is 0.256. The number of methoxy groups -OCH3 is 2. The summed E-state index contributed by atoms with van der Waals surface area (Å²) in [6.45, 7) is 1.31. The number of nitrogens with zero attached hydrogens (tertiary/aromatic N) is 1. The average molecular weight is 404 g/mol. The van der Waals surface area contributed by atoms with Gasteiger partial charge in [0.05, 0.1) is 38.3 Å². The first kappa shape index (κ1) is 19.8. The summed E-state index contributed by atoms with van der Waals surface area (Å²) < 4.78 is 16.3. The van der Waals surface area contributed by atoms with Gasteiger partial charge in [-0.25, -0.2) is 4.79 Å². The van der Waals surface area contributed by atoms with E-state index in [9.17, 15) is 4.79 Å². The number of ether oxygens (including phenoxy) is 3. The second-order valence-electron chi connectivity index (χ2n) is 7.08. The van der Waals surface area contributed by atoms with Crippen molar-refractivity contribution in [1.82, 2.24) is 4.98 Å². The van der Waals surface area contributed by atoms with Gasteiger partial charge in [-0.15, -0.1) is 0 Å². The highest BCUT2D eigenvalue weighted by Crippen LogP contribution is 2.39. The molecule has 0 spiro atoms. The molecule has 1 atom stereocenters. The van der Waals surface area contributed by atoms with Crippen LogP contribution < -0.4 is 14.8 Å². The van der Waals surface area contributed by atoms with Crippen LogP contribution >= 0.6 is 0 Å². The Balaban J connectivity index is 1.56. The molecule has 1 aromatic heterocycles. The first-order chi connectivity index (χ1) is 14.7. The Morgan fingerprint density at radius 3 is 2.90 bits per heavy atom. The van der Waals surface area contributed by atoms with E-state index in [2.05, 4.69) is 28.5 Å². The zero-order valence-electron chi connectivity index (χ0n) is 17.1. The second-order valence-corrected chi connectivity index (χ2v) is 7.08. The Hall–Kier alpha value is -3.54. The molecule has 2 aromatic carbocycles. The Bertz CT molecular complexity index is 1050. The van der Waals surface area contributed by atoms with Crippen LogP contribution in [0.25, 0.3) is 11.1 Å². The third-order valence-electron chi connectivity index (χ3n) is 5.36. The van der Waals surface area contributed by atoms with Crippen molar-refractivity contribution in [3.05, 3.63) is 72.1 Å². The number of rotatable bonds is 6. The Labute approximate surface area is 175 Å². The first-order valence-electron chi connectivity index (χ1n) is 9.87. The Morgan fingerprint density at radius 1 is 1.20 bits per heavy atom. The van der Waals surface area contributed by atoms with Crippen molar-refractivity contribution < 1.29 is 19.0 Å². The Morgan fingerprint density at radius 2 is 2.07 bits per heavy atom. The number of pyridine rings is 1. The molecule has 6 heteroatoms. The number of nitrogens with one attached hydrogen (secondary N) is 1. The number of esters is 1. The summed E-state index contributed by atoms with van der Waals surface area (Å²) in [4.78, 5) is 16.1. The minimum atomic E-state index is -0.381. The summed E-state index contributed by atoms with van der Waals surface area (Å²) in [6.07, 6.45) is 4.12. The van der Waals surface area contributed by atoms with E-state index in [1.54, 1.807) is 25.6 Å². The van der Waals surface area contributed by atoms with Gasteiger partial charge in [-0.2, -0.15) is 0 Å². The van der Waals surface area contributed by atoms with Gasteiger partial charge in [-0.3, -0.25) is 4.98 Å². The second kappa shape index (κ2) is 8.86. The van der Waals surface area contributed by atoms with Gasteiger partial charge in [0.2, 0.25) is 0 Å². The maximum atomic E-state index is 12.0. The first-order valence-corrected chi connectivity index (χ1v) is 9.87. The van der Waals surface area contributed by atoms with Crippen LogP contribution in [-0.4, -0.2) is 38.3 Å². The molecule has 6 nitrogen and oxygen atoms in total. The van der Waals surface area contributed by atoms with Crippen LogP contribution in [0.2, 0.25) is 0 Å². The van der Waals surface area contributed by atoms with E-state index in [0.717, 1.165) is 34.6 Å². The van der Waals surface area contributed by atoms with Gasteiger partial charge < -0.3 is 19.5 Å². The van der Waals surface area contributed by atoms with Crippen LogP contribution in [-0.2, 0) is 4.74 Å². The normalized spacial score (nSPS) is 14.9. The molecule has 0 saturated heterocycles. The van der Waals surface area contributed by atoms with Gasteiger partial charge >= 0.3 is 5.97 Å². The number of para-hydroxylation sites is 1. The van der Waals surface area contributed by atoms with Crippen molar-refractivity contribution in [3.63, 3.8) is 0 Å². The third-order valence-corrected chi connectivity index (χ3v) is 5.36. The van der Waals surface area contributed by atoms with E-state index in [-0.39, 0.29) is 11.9 Å². The van der Waals surface area contributed by atoms with E-state index in [4.69, 9.17) is 14.2 Å². The maximum Gasteiger partial charge on any atom is 0.340 e. The van der Waals surface area contributed by atoms with Crippen LogP contribution in [0.3, 0.4) is 0 Å². The van der Waals surface area contributed by atoms with Gasteiger partial charge in [-0.05, 0) is 35.7 Å². The van der Waals surface area contributed by atoms with Crippen molar-refractivity contribution in [2.24, 2.45) is 0 Å². The monoisotopic (exact) mass is 404 g/mol. The van der Waals surface area contributed by atoms with Crippen LogP contribution in [0.4, 0.5) is 5.69 Å². The molecule has 0 fully saturated rings. The largest absolute Gasteiger partial charge is 0.496 e. The summed E-state index contributed by atoms with van der Waals surface area (Å²) in [5, 5.41) is 3.36. The molecule has 2 heterocycles. The molecular weight excluding hydrogens is 380 g/mol. The van der Waals surface area contributed by atoms with Gasteiger partial charge in [-0.1, -0.05) is 30.3 Å². The lowest BCUT2D eigenvalue weighted by atomic mass is 9.90. The van der Waals surface area contributed by atoms with Gasteiger partial charge in [0.15, 0.2) is 0 Å². The van der Waals surface area contributed by atoms with Crippen molar-refractivity contribution >= 4 is 11.7 Å². The number of carbonyl (C=O) groups excluding carboxylic acids is 1. The van der Waals surface area contributed by atoms with Crippen LogP contribution in [0.1, 0.15) is 28.3 Å². The van der Waals surface area contributed by atoms with Crippen molar-refractivity contribution in [3.8, 4) is 22.6 Å². The molecule has 1 N–H and O–H groups in total. The van der Waals surface area contributed by atoms with Crippen molar-refractivity contribution in [2.45, 2.75) is 12.3 Å². The Kier molecular flexibility index (Phi) is 5.84. The summed E-state index contributed by atoms with van der Waals surface area (Å²) in [7, 11) is 3.05. The van der Waals surface area contributed by atoms with Gasteiger partial charge in [0.1, 0.15) is 11.5 Å². The lowest BCUT2D eigenvalue weighted by Gasteiger charge is -2.27. The molecular formula is C24H24N2O4. The number of anilines is 1. The molecule has 0 aliphatic carbocycles. The fourth-order valence-electron chi connectivity index (χ4n) is 3.78. The van der Waals surface area contributed by atoms with Crippen LogP contribution in [0.15, 0.2) is 60.9 Å². The molecule has 1 aliphatic rings. The molecule has 0 unspecified atom stereocenters. The number of benzene rings is 2. The maximum absolute atomic E-state index is 12.0. The fourth-order valence-corrected chi connectivity index (χ4v) is 3.78. The average Bonchev–Trinajstić information content (AvgIpc) is 2.82. The van der Waals surface area contributed by atoms with E-state index in [1.807, 2.05) is 24.3 Å². The van der Waals surface area contributed by atoms with Crippen LogP contribution in [0, 0.1) is 0 Å². The standard InChI is InChI=1S/C24H24N2O4/c1-28-22-6-4-3-5-18(22)16-7-8-19-17(10-12-30-23(19)13-16)14-26-21-15-25-11-9-20(21)24(27)29-2/h3-9,11,13,15,17,26H,10,12,14H2,1-2H3/t17-/m0/s1. The van der Waals surface area contributed by atoms with E-state index in [0.29, 0.717) is 24.4 Å². The minimum Gasteiger partial charge on any atom is -0.496 e. The molecule has 3 aromatic rings. The van der Waals surface area contributed by atoms with E-state index >= 15 is 0 Å². The SMILES string of the molecule is COC(=O)c1ccncc1NC[C@@H]1CCOc2cc(-c3ccccc3OC)ccc21. The predicted octanol–water partition coefficient (Wildman–Crippen LogP) is 4.52. The molecule has 1 aliphatic heterocycles. The number of hydrogen-bond donors (Lipinski definition) is 1. The highest BCUT2D eigenvalue weighted by atomic mass is 16.5. The summed E-state index contributed by atoms with van der Waals surface area (Å²) >= 11 is 0. The van der Waals surface area contributed by atoms with Gasteiger partial charge in [0, 0.05) is 24.2 Å². The lowest BCUT2D eigenvalue weighted by Crippen LogP contribution is -2.21. The molecule has 4 rings (SSSR count). The molecule has 0 bridgehead atoms. The van der Waals surface area contributed by atoms with Crippen molar-refractivity contribution in [1.29, 1.82) is 0 Å². The smallest absolute Gasteiger partial charge is 0.340 e. The van der Waals surface area contributed by atoms with Crippen molar-refractivity contribution in [2.75, 3.05) is 32.7 Å². The zero-order chi connectivity index (χ0) is 20.9. The quantitative estimate of drug-likeness (QED) is 0.609. The summed E-state index contributed by atoms with van der Waals surface area (Å²) in [5.41, 5.74) is 4.38. The predicted molar refractivity (Wildman–Crippen MR) is 115 cm³/mol. The van der Waals surface area contributed by atoms with E-state index in [1.165, 1.54) is 7.11 Å². The molecule has 0 amide bonds. The topological polar surface area (TPSA) is 69.7 Å². The summed E-state index contributed by atoms with van der Waals surface area (Å²) in [5.74, 6) is 1.59. The number of aromatic nitrogens is 1. The molecule has 0 saturated carbocycles. The van der Waals surface area contributed by atoms with Crippen LogP contribution in [0.5, 0.6) is 11.5 Å². The zero-order valence-corrected chi connectivity index (χ0v) is 17.1. The highest BCUT2D eigenvalue weighted by Gasteiger charge is 2.23. The number of hydrogen-bond acceptors (Lipinski definition) is 6.